The van der Waals surface area contributed by atoms with Crippen molar-refractivity contribution in [2.24, 2.45) is 0 Å². The number of aromatic amines is 1. The van der Waals surface area contributed by atoms with Gasteiger partial charge in [-0.1, -0.05) is 11.6 Å². The van der Waals surface area contributed by atoms with Gasteiger partial charge in [0, 0.05) is 23.4 Å². The Bertz CT molecular complexity index is 904. The van der Waals surface area contributed by atoms with Crippen LogP contribution in [0.4, 0.5) is 5.82 Å². The van der Waals surface area contributed by atoms with E-state index in [1.807, 2.05) is 12.1 Å². The van der Waals surface area contributed by atoms with E-state index in [4.69, 9.17) is 17.3 Å². The summed E-state index contributed by atoms with van der Waals surface area (Å²) in [6.45, 7) is 1.25. The van der Waals surface area contributed by atoms with Crippen LogP contribution in [0.15, 0.2) is 18.2 Å². The molecule has 0 bridgehead atoms. The Labute approximate surface area is 131 Å². The normalized spacial score (nSPS) is 15.3. The molecule has 1 fully saturated rings. The fraction of sp³-hybridized carbons (Fsp3) is 0.267. The number of H-pyrrole nitrogens is 1. The summed E-state index contributed by atoms with van der Waals surface area (Å²) in [6, 6.07) is 5.48. The Morgan fingerprint density at radius 3 is 3.00 bits per heavy atom. The van der Waals surface area contributed by atoms with Crippen LogP contribution in [0.1, 0.15) is 18.7 Å². The highest BCUT2D eigenvalue weighted by molar-refractivity contribution is 6.31. The molecule has 1 aliphatic rings. The average Bonchev–Trinajstić information content (AvgIpc) is 3.07. The number of hydrogen-bond donors (Lipinski definition) is 2. The fourth-order valence-electron chi connectivity index (χ4n) is 2.92. The number of nitrogens with zero attached hydrogens (tertiary/aromatic N) is 3. The number of carbonyl (C=O) groups excluding carboxylic acids is 1. The first-order valence-corrected chi connectivity index (χ1v) is 7.51. The van der Waals surface area contributed by atoms with Gasteiger partial charge in [-0.2, -0.15) is 0 Å². The Hall–Kier alpha value is -2.34. The molecule has 3 aromatic rings. The zero-order valence-electron chi connectivity index (χ0n) is 11.8. The lowest BCUT2D eigenvalue weighted by molar-refractivity contribution is -0.128. The number of likely N-dealkylation sites (tertiary alicyclic amines) is 1. The van der Waals surface area contributed by atoms with Gasteiger partial charge in [0.15, 0.2) is 5.82 Å². The smallest absolute Gasteiger partial charge is 0.223 e. The van der Waals surface area contributed by atoms with Gasteiger partial charge in [-0.25, -0.2) is 9.97 Å². The summed E-state index contributed by atoms with van der Waals surface area (Å²) in [7, 11) is 0. The van der Waals surface area contributed by atoms with Crippen molar-refractivity contribution >= 4 is 45.3 Å². The first kappa shape index (κ1) is 13.3. The summed E-state index contributed by atoms with van der Waals surface area (Å²) < 4.78 is 0. The molecule has 0 unspecified atom stereocenters. The van der Waals surface area contributed by atoms with Crippen LogP contribution in [0.3, 0.4) is 0 Å². The highest BCUT2D eigenvalue weighted by Gasteiger charge is 2.22. The van der Waals surface area contributed by atoms with Gasteiger partial charge in [0.2, 0.25) is 5.91 Å². The van der Waals surface area contributed by atoms with Crippen molar-refractivity contribution in [3.8, 4) is 0 Å². The third-order valence-electron chi connectivity index (χ3n) is 3.98. The van der Waals surface area contributed by atoms with Crippen molar-refractivity contribution in [2.75, 3.05) is 12.3 Å². The summed E-state index contributed by atoms with van der Waals surface area (Å²) in [6.07, 6.45) is 1.52. The molecule has 7 heteroatoms. The lowest BCUT2D eigenvalue weighted by Crippen LogP contribution is -2.24. The lowest BCUT2D eigenvalue weighted by Gasteiger charge is -2.12. The number of benzene rings is 1. The van der Waals surface area contributed by atoms with Gasteiger partial charge in [0.1, 0.15) is 11.3 Å². The third-order valence-corrected chi connectivity index (χ3v) is 4.21. The maximum absolute atomic E-state index is 11.7. The predicted molar refractivity (Wildman–Crippen MR) is 85.5 cm³/mol. The maximum atomic E-state index is 11.7. The molecular formula is C15H14ClN5O. The Morgan fingerprint density at radius 1 is 1.36 bits per heavy atom. The second kappa shape index (κ2) is 4.84. The van der Waals surface area contributed by atoms with Crippen LogP contribution in [0.25, 0.3) is 21.9 Å². The van der Waals surface area contributed by atoms with Crippen molar-refractivity contribution in [1.82, 2.24) is 19.9 Å². The number of nitrogens with one attached hydrogen (secondary N) is 1. The van der Waals surface area contributed by atoms with E-state index >= 15 is 0 Å². The van der Waals surface area contributed by atoms with Gasteiger partial charge in [0.05, 0.1) is 17.6 Å². The summed E-state index contributed by atoms with van der Waals surface area (Å²) >= 11 is 6.01. The lowest BCUT2D eigenvalue weighted by atomic mass is 10.2. The van der Waals surface area contributed by atoms with Crippen LogP contribution in [-0.4, -0.2) is 32.3 Å². The van der Waals surface area contributed by atoms with E-state index in [1.54, 1.807) is 11.0 Å². The molecule has 1 aliphatic heterocycles. The summed E-state index contributed by atoms with van der Waals surface area (Å²) in [5.74, 6) is 1.25. The fourth-order valence-corrected chi connectivity index (χ4v) is 3.09. The minimum absolute atomic E-state index is 0.170. The highest BCUT2D eigenvalue weighted by Crippen LogP contribution is 2.28. The topological polar surface area (TPSA) is 87.9 Å². The zero-order chi connectivity index (χ0) is 15.3. The Kier molecular flexibility index (Phi) is 2.94. The number of hydrogen-bond acceptors (Lipinski definition) is 4. The Balaban J connectivity index is 1.84. The van der Waals surface area contributed by atoms with Crippen molar-refractivity contribution < 1.29 is 4.79 Å². The number of nitrogen functional groups attached to an aromatic ring is 1. The Morgan fingerprint density at radius 2 is 2.23 bits per heavy atom. The minimum atomic E-state index is 0.170. The number of anilines is 1. The zero-order valence-corrected chi connectivity index (χ0v) is 12.5. The SMILES string of the molecule is Nc1nc2cc(Cl)ccc2c2[nH]c(CN3CCCC3=O)nc12. The molecule has 0 radical (unpaired) electrons. The largest absolute Gasteiger partial charge is 0.382 e. The predicted octanol–water partition coefficient (Wildman–Crippen LogP) is 2.47. The quantitative estimate of drug-likeness (QED) is 0.760. The molecule has 4 rings (SSSR count). The molecule has 2 aromatic heterocycles. The van der Waals surface area contributed by atoms with Gasteiger partial charge < -0.3 is 15.6 Å². The number of imidazole rings is 1. The van der Waals surface area contributed by atoms with E-state index in [-0.39, 0.29) is 5.91 Å². The van der Waals surface area contributed by atoms with Gasteiger partial charge in [-0.15, -0.1) is 0 Å². The molecule has 1 saturated heterocycles. The van der Waals surface area contributed by atoms with Crippen LogP contribution in [0.2, 0.25) is 5.02 Å². The van der Waals surface area contributed by atoms with Gasteiger partial charge in [-0.05, 0) is 24.6 Å². The van der Waals surface area contributed by atoms with Crippen LogP contribution in [0, 0.1) is 0 Å². The summed E-state index contributed by atoms with van der Waals surface area (Å²) in [5.41, 5.74) is 8.20. The van der Waals surface area contributed by atoms with E-state index in [0.717, 1.165) is 35.2 Å². The third kappa shape index (κ3) is 2.07. The molecule has 112 valence electrons. The number of aromatic nitrogens is 3. The summed E-state index contributed by atoms with van der Waals surface area (Å²) in [4.78, 5) is 25.7. The second-order valence-corrected chi connectivity index (χ2v) is 5.92. The van der Waals surface area contributed by atoms with E-state index in [9.17, 15) is 4.79 Å². The molecular weight excluding hydrogens is 302 g/mol. The molecule has 3 heterocycles. The van der Waals surface area contributed by atoms with Gasteiger partial charge in [-0.3, -0.25) is 4.79 Å². The number of pyridine rings is 1. The van der Waals surface area contributed by atoms with Crippen LogP contribution >= 0.6 is 11.6 Å². The molecule has 6 nitrogen and oxygen atoms in total. The molecule has 1 aromatic carbocycles. The van der Waals surface area contributed by atoms with Crippen molar-refractivity contribution in [1.29, 1.82) is 0 Å². The van der Waals surface area contributed by atoms with Crippen LogP contribution in [-0.2, 0) is 11.3 Å². The first-order valence-electron chi connectivity index (χ1n) is 7.13. The number of nitrogens with two attached hydrogens (primary N) is 1. The van der Waals surface area contributed by atoms with Crippen molar-refractivity contribution in [2.45, 2.75) is 19.4 Å². The number of carbonyl (C=O) groups is 1. The van der Waals surface area contributed by atoms with Crippen LogP contribution in [0.5, 0.6) is 0 Å². The first-order chi connectivity index (χ1) is 10.6. The summed E-state index contributed by atoms with van der Waals surface area (Å²) in [5, 5.41) is 1.53. The molecule has 0 aliphatic carbocycles. The molecule has 22 heavy (non-hydrogen) atoms. The molecule has 1 amide bonds. The van der Waals surface area contributed by atoms with E-state index in [0.29, 0.717) is 29.3 Å². The number of rotatable bonds is 2. The highest BCUT2D eigenvalue weighted by atomic mass is 35.5. The van der Waals surface area contributed by atoms with E-state index < -0.39 is 0 Å². The maximum Gasteiger partial charge on any atom is 0.223 e. The van der Waals surface area contributed by atoms with Crippen molar-refractivity contribution in [3.63, 3.8) is 0 Å². The van der Waals surface area contributed by atoms with Crippen LogP contribution < -0.4 is 5.73 Å². The molecule has 0 saturated carbocycles. The second-order valence-electron chi connectivity index (χ2n) is 5.48. The number of halogens is 1. The van der Waals surface area contributed by atoms with Gasteiger partial charge >= 0.3 is 0 Å². The molecule has 0 atom stereocenters. The minimum Gasteiger partial charge on any atom is -0.382 e. The molecule has 3 N–H and O–H groups in total. The van der Waals surface area contributed by atoms with Gasteiger partial charge in [0.25, 0.3) is 0 Å². The number of fused-ring (bicyclic) bond motifs is 3. The van der Waals surface area contributed by atoms with E-state index in [2.05, 4.69) is 15.0 Å². The average molecular weight is 316 g/mol. The molecule has 0 spiro atoms. The standard InChI is InChI=1S/C15H14ClN5O/c16-8-3-4-9-10(6-8)18-15(17)14-13(9)19-11(20-14)7-21-5-1-2-12(21)22/h3-4,6H,1-2,5,7H2,(H2,17,18)(H,19,20). The van der Waals surface area contributed by atoms with E-state index in [1.165, 1.54) is 0 Å². The monoisotopic (exact) mass is 315 g/mol. The van der Waals surface area contributed by atoms with Crippen molar-refractivity contribution in [3.05, 3.63) is 29.0 Å². The number of amides is 1.